The third-order valence-electron chi connectivity index (χ3n) is 3.37. The minimum Gasteiger partial charge on any atom is -0.383 e. The molecule has 0 spiro atoms. The van der Waals surface area contributed by atoms with Crippen LogP contribution in [0.3, 0.4) is 0 Å². The van der Waals surface area contributed by atoms with E-state index in [1.807, 2.05) is 0 Å². The average molecular weight is 220 g/mol. The summed E-state index contributed by atoms with van der Waals surface area (Å²) in [6, 6.07) is 0.551. The summed E-state index contributed by atoms with van der Waals surface area (Å²) in [5, 5.41) is 0. The lowest BCUT2D eigenvalue weighted by atomic mass is 10.1. The first-order valence-electron chi connectivity index (χ1n) is 5.99. The van der Waals surface area contributed by atoms with E-state index < -0.39 is 0 Å². The zero-order valence-corrected chi connectivity index (χ0v) is 10.3. The molecule has 1 aliphatic heterocycles. The summed E-state index contributed by atoms with van der Waals surface area (Å²) in [6.07, 6.45) is 3.69. The molecule has 1 fully saturated rings. The lowest BCUT2D eigenvalue weighted by molar-refractivity contribution is 0.625. The molecule has 2 rings (SSSR count). The summed E-state index contributed by atoms with van der Waals surface area (Å²) in [5.41, 5.74) is 6.99. The highest BCUT2D eigenvalue weighted by atomic mass is 15.2. The summed E-state index contributed by atoms with van der Waals surface area (Å²) in [7, 11) is 0. The van der Waals surface area contributed by atoms with Crippen molar-refractivity contribution in [1.82, 2.24) is 9.97 Å². The molecule has 0 radical (unpaired) electrons. The number of hydrogen-bond donors (Lipinski definition) is 1. The Hall–Kier alpha value is -1.32. The van der Waals surface area contributed by atoms with Crippen LogP contribution in [0.5, 0.6) is 0 Å². The van der Waals surface area contributed by atoms with Gasteiger partial charge < -0.3 is 10.6 Å². The molecule has 4 heteroatoms. The third-order valence-corrected chi connectivity index (χ3v) is 3.37. The fraction of sp³-hybridized carbons (Fsp3) is 0.667. The van der Waals surface area contributed by atoms with Gasteiger partial charge in [0.25, 0.3) is 0 Å². The number of nitrogen functional groups attached to an aromatic ring is 1. The maximum Gasteiger partial charge on any atom is 0.137 e. The molecule has 0 bridgehead atoms. The summed E-state index contributed by atoms with van der Waals surface area (Å²) in [4.78, 5) is 10.8. The SMILES string of the molecule is CCc1c(N)ncnc1N1CC(C)CC1C. The lowest BCUT2D eigenvalue weighted by Gasteiger charge is -2.25. The van der Waals surface area contributed by atoms with E-state index in [9.17, 15) is 0 Å². The number of anilines is 2. The van der Waals surface area contributed by atoms with E-state index in [0.29, 0.717) is 11.9 Å². The molecule has 1 aromatic rings. The highest BCUT2D eigenvalue weighted by molar-refractivity contribution is 5.57. The standard InChI is InChI=1S/C12H20N4/c1-4-10-11(13)14-7-15-12(10)16-6-8(2)5-9(16)3/h7-9H,4-6H2,1-3H3,(H2,13,14,15). The molecule has 1 aromatic heterocycles. The summed E-state index contributed by atoms with van der Waals surface area (Å²) >= 11 is 0. The monoisotopic (exact) mass is 220 g/mol. The van der Waals surface area contributed by atoms with Crippen LogP contribution >= 0.6 is 0 Å². The van der Waals surface area contributed by atoms with E-state index >= 15 is 0 Å². The van der Waals surface area contributed by atoms with Gasteiger partial charge in [-0.15, -0.1) is 0 Å². The molecule has 0 saturated carbocycles. The number of hydrogen-bond acceptors (Lipinski definition) is 4. The smallest absolute Gasteiger partial charge is 0.137 e. The van der Waals surface area contributed by atoms with E-state index in [2.05, 4.69) is 35.6 Å². The van der Waals surface area contributed by atoms with Crippen molar-refractivity contribution >= 4 is 11.6 Å². The largest absolute Gasteiger partial charge is 0.383 e. The Labute approximate surface area is 96.9 Å². The van der Waals surface area contributed by atoms with Gasteiger partial charge in [-0.2, -0.15) is 0 Å². The van der Waals surface area contributed by atoms with Crippen LogP contribution < -0.4 is 10.6 Å². The average Bonchev–Trinajstić information content (AvgIpc) is 2.57. The van der Waals surface area contributed by atoms with Gasteiger partial charge >= 0.3 is 0 Å². The van der Waals surface area contributed by atoms with Crippen LogP contribution in [0.1, 0.15) is 32.8 Å². The molecule has 16 heavy (non-hydrogen) atoms. The number of rotatable bonds is 2. The van der Waals surface area contributed by atoms with Crippen molar-refractivity contribution in [2.75, 3.05) is 17.2 Å². The highest BCUT2D eigenvalue weighted by Crippen LogP contribution is 2.31. The Bertz CT molecular complexity index is 377. The van der Waals surface area contributed by atoms with Crippen LogP contribution in [-0.2, 0) is 6.42 Å². The molecule has 0 aliphatic carbocycles. The Morgan fingerprint density at radius 2 is 2.19 bits per heavy atom. The molecular formula is C12H20N4. The summed E-state index contributed by atoms with van der Waals surface area (Å²) in [5.74, 6) is 2.39. The minimum absolute atomic E-state index is 0.551. The Morgan fingerprint density at radius 1 is 1.44 bits per heavy atom. The number of nitrogens with two attached hydrogens (primary N) is 1. The van der Waals surface area contributed by atoms with Gasteiger partial charge in [0.05, 0.1) is 0 Å². The van der Waals surface area contributed by atoms with Crippen LogP contribution in [0.25, 0.3) is 0 Å². The van der Waals surface area contributed by atoms with Gasteiger partial charge in [-0.05, 0) is 25.7 Å². The van der Waals surface area contributed by atoms with Crippen molar-refractivity contribution in [3.8, 4) is 0 Å². The second kappa shape index (κ2) is 4.28. The van der Waals surface area contributed by atoms with Gasteiger partial charge in [-0.1, -0.05) is 13.8 Å². The maximum absolute atomic E-state index is 5.90. The second-order valence-electron chi connectivity index (χ2n) is 4.76. The van der Waals surface area contributed by atoms with Gasteiger partial charge in [0.2, 0.25) is 0 Å². The predicted molar refractivity (Wildman–Crippen MR) is 66.4 cm³/mol. The normalized spacial score (nSPS) is 25.1. The van der Waals surface area contributed by atoms with Crippen molar-refractivity contribution in [1.29, 1.82) is 0 Å². The van der Waals surface area contributed by atoms with Gasteiger partial charge in [-0.3, -0.25) is 0 Å². The third kappa shape index (κ3) is 1.84. The van der Waals surface area contributed by atoms with Crippen molar-refractivity contribution in [2.24, 2.45) is 5.92 Å². The van der Waals surface area contributed by atoms with Crippen LogP contribution in [0, 0.1) is 5.92 Å². The topological polar surface area (TPSA) is 55.0 Å². The van der Waals surface area contributed by atoms with Gasteiger partial charge in [-0.25, -0.2) is 9.97 Å². The fourth-order valence-corrected chi connectivity index (χ4v) is 2.60. The molecule has 88 valence electrons. The first kappa shape index (κ1) is 11.2. The Morgan fingerprint density at radius 3 is 2.75 bits per heavy atom. The van der Waals surface area contributed by atoms with E-state index in [-0.39, 0.29) is 0 Å². The van der Waals surface area contributed by atoms with Crippen LogP contribution in [0.15, 0.2) is 6.33 Å². The Balaban J connectivity index is 2.36. The molecule has 0 amide bonds. The molecule has 2 heterocycles. The molecule has 2 atom stereocenters. The van der Waals surface area contributed by atoms with Crippen molar-refractivity contribution < 1.29 is 0 Å². The second-order valence-corrected chi connectivity index (χ2v) is 4.76. The molecule has 0 aromatic carbocycles. The van der Waals surface area contributed by atoms with Crippen molar-refractivity contribution in [2.45, 2.75) is 39.7 Å². The maximum atomic E-state index is 5.90. The fourth-order valence-electron chi connectivity index (χ4n) is 2.60. The Kier molecular flexibility index (Phi) is 2.99. The minimum atomic E-state index is 0.551. The number of nitrogens with zero attached hydrogens (tertiary/aromatic N) is 3. The van der Waals surface area contributed by atoms with Gasteiger partial charge in [0, 0.05) is 18.2 Å². The van der Waals surface area contributed by atoms with Crippen LogP contribution in [0.2, 0.25) is 0 Å². The molecule has 2 N–H and O–H groups in total. The van der Waals surface area contributed by atoms with Gasteiger partial charge in [0.15, 0.2) is 0 Å². The first-order chi connectivity index (χ1) is 7.63. The zero-order valence-electron chi connectivity index (χ0n) is 10.3. The summed E-state index contributed by atoms with van der Waals surface area (Å²) < 4.78 is 0. The predicted octanol–water partition coefficient (Wildman–Crippen LogP) is 1.86. The van der Waals surface area contributed by atoms with E-state index in [1.54, 1.807) is 6.33 Å². The molecule has 4 nitrogen and oxygen atoms in total. The lowest BCUT2D eigenvalue weighted by Crippen LogP contribution is -2.29. The quantitative estimate of drug-likeness (QED) is 0.826. The highest BCUT2D eigenvalue weighted by Gasteiger charge is 2.28. The number of aromatic nitrogens is 2. The van der Waals surface area contributed by atoms with Crippen LogP contribution in [-0.4, -0.2) is 22.6 Å². The van der Waals surface area contributed by atoms with E-state index in [1.165, 1.54) is 6.42 Å². The molecular weight excluding hydrogens is 200 g/mol. The zero-order chi connectivity index (χ0) is 11.7. The molecule has 1 aliphatic rings. The van der Waals surface area contributed by atoms with Gasteiger partial charge in [0.1, 0.15) is 18.0 Å². The van der Waals surface area contributed by atoms with Crippen molar-refractivity contribution in [3.63, 3.8) is 0 Å². The van der Waals surface area contributed by atoms with Crippen molar-refractivity contribution in [3.05, 3.63) is 11.9 Å². The van der Waals surface area contributed by atoms with E-state index in [0.717, 1.165) is 30.3 Å². The van der Waals surface area contributed by atoms with Crippen LogP contribution in [0.4, 0.5) is 11.6 Å². The molecule has 2 unspecified atom stereocenters. The first-order valence-corrected chi connectivity index (χ1v) is 5.99. The van der Waals surface area contributed by atoms with E-state index in [4.69, 9.17) is 5.73 Å². The summed E-state index contributed by atoms with van der Waals surface area (Å²) in [6.45, 7) is 7.71. The molecule has 1 saturated heterocycles.